The predicted molar refractivity (Wildman–Crippen MR) is 112 cm³/mol. The number of anilines is 1. The number of ether oxygens (including phenoxy) is 1. The highest BCUT2D eigenvalue weighted by atomic mass is 35.5. The van der Waals surface area contributed by atoms with E-state index >= 15 is 0 Å². The van der Waals surface area contributed by atoms with Gasteiger partial charge in [0.15, 0.2) is 6.61 Å². The van der Waals surface area contributed by atoms with E-state index in [1.54, 1.807) is 6.07 Å². The summed E-state index contributed by atoms with van der Waals surface area (Å²) in [5.74, 6) is 0.158. The summed E-state index contributed by atoms with van der Waals surface area (Å²) in [5.41, 5.74) is 4.59. The monoisotopic (exact) mass is 399 g/mol. The van der Waals surface area contributed by atoms with Crippen molar-refractivity contribution in [2.45, 2.75) is 13.8 Å². The van der Waals surface area contributed by atoms with Crippen LogP contribution in [0.1, 0.15) is 11.1 Å². The Hall–Kier alpha value is -2.49. The molecule has 3 aromatic rings. The summed E-state index contributed by atoms with van der Waals surface area (Å²) < 4.78 is 5.58. The molecule has 0 saturated carbocycles. The molecule has 0 aliphatic carbocycles. The molecule has 1 amide bonds. The van der Waals surface area contributed by atoms with Gasteiger partial charge < -0.3 is 10.1 Å². The Kier molecular flexibility index (Phi) is 6.04. The maximum Gasteiger partial charge on any atom is 0.262 e. The first-order valence-corrected chi connectivity index (χ1v) is 9.24. The van der Waals surface area contributed by atoms with Crippen molar-refractivity contribution in [2.24, 2.45) is 0 Å². The summed E-state index contributed by atoms with van der Waals surface area (Å²) in [6.07, 6.45) is 0. The van der Waals surface area contributed by atoms with Gasteiger partial charge in [0, 0.05) is 0 Å². The van der Waals surface area contributed by atoms with Gasteiger partial charge in [-0.1, -0.05) is 65.7 Å². The number of carbonyl (C=O) groups excluding carboxylic acids is 1. The molecule has 138 valence electrons. The Morgan fingerprint density at radius 3 is 2.33 bits per heavy atom. The second kappa shape index (κ2) is 8.47. The predicted octanol–water partition coefficient (Wildman–Crippen LogP) is 6.29. The average Bonchev–Trinajstić information content (AvgIpc) is 2.64. The van der Waals surface area contributed by atoms with E-state index in [1.165, 1.54) is 0 Å². The Bertz CT molecular complexity index is 948. The standard InChI is InChI=1S/C22H19Cl2NO2/c1-14-10-15(2)22(19(24)11-14)25-21(26)13-27-20-9-8-17(12-18(20)23)16-6-4-3-5-7-16/h3-12H,13H2,1-2H3,(H,25,26). The largest absolute Gasteiger partial charge is 0.482 e. The summed E-state index contributed by atoms with van der Waals surface area (Å²) in [6, 6.07) is 19.2. The van der Waals surface area contributed by atoms with Crippen LogP contribution in [0.4, 0.5) is 5.69 Å². The molecule has 0 radical (unpaired) electrons. The highest BCUT2D eigenvalue weighted by Crippen LogP contribution is 2.31. The second-order valence-corrected chi connectivity index (χ2v) is 7.10. The number of rotatable bonds is 5. The molecule has 1 N–H and O–H groups in total. The Morgan fingerprint density at radius 1 is 0.926 bits per heavy atom. The number of amides is 1. The molecule has 27 heavy (non-hydrogen) atoms. The van der Waals surface area contributed by atoms with Crippen LogP contribution in [0.3, 0.4) is 0 Å². The quantitative estimate of drug-likeness (QED) is 0.546. The van der Waals surface area contributed by atoms with Crippen LogP contribution >= 0.6 is 23.2 Å². The van der Waals surface area contributed by atoms with Gasteiger partial charge in [-0.2, -0.15) is 0 Å². The topological polar surface area (TPSA) is 38.3 Å². The Labute approximate surface area is 168 Å². The van der Waals surface area contributed by atoms with Crippen LogP contribution in [0.15, 0.2) is 60.7 Å². The molecule has 5 heteroatoms. The van der Waals surface area contributed by atoms with E-state index < -0.39 is 0 Å². The molecule has 0 spiro atoms. The van der Waals surface area contributed by atoms with Gasteiger partial charge in [-0.25, -0.2) is 0 Å². The van der Waals surface area contributed by atoms with Crippen LogP contribution in [0, 0.1) is 13.8 Å². The fourth-order valence-corrected chi connectivity index (χ4v) is 3.42. The van der Waals surface area contributed by atoms with Crippen molar-refractivity contribution in [1.82, 2.24) is 0 Å². The fourth-order valence-electron chi connectivity index (χ4n) is 2.82. The number of halogens is 2. The van der Waals surface area contributed by atoms with Crippen molar-refractivity contribution < 1.29 is 9.53 Å². The van der Waals surface area contributed by atoms with E-state index in [4.69, 9.17) is 27.9 Å². The van der Waals surface area contributed by atoms with Crippen LogP contribution in [-0.2, 0) is 4.79 Å². The van der Waals surface area contributed by atoms with Crippen LogP contribution < -0.4 is 10.1 Å². The lowest BCUT2D eigenvalue weighted by Gasteiger charge is -2.13. The lowest BCUT2D eigenvalue weighted by molar-refractivity contribution is -0.118. The summed E-state index contributed by atoms with van der Waals surface area (Å²) in [7, 11) is 0. The smallest absolute Gasteiger partial charge is 0.262 e. The van der Waals surface area contributed by atoms with Gasteiger partial charge in [0.2, 0.25) is 0 Å². The molecule has 0 unspecified atom stereocenters. The number of nitrogens with one attached hydrogen (secondary N) is 1. The van der Waals surface area contributed by atoms with Crippen molar-refractivity contribution in [2.75, 3.05) is 11.9 Å². The first kappa shape index (κ1) is 19.3. The van der Waals surface area contributed by atoms with Gasteiger partial charge in [-0.05, 0) is 54.3 Å². The van der Waals surface area contributed by atoms with Gasteiger partial charge in [0.05, 0.1) is 15.7 Å². The average molecular weight is 400 g/mol. The number of hydrogen-bond donors (Lipinski definition) is 1. The van der Waals surface area contributed by atoms with Crippen molar-refractivity contribution in [3.63, 3.8) is 0 Å². The van der Waals surface area contributed by atoms with Crippen LogP contribution in [-0.4, -0.2) is 12.5 Å². The molecular weight excluding hydrogens is 381 g/mol. The number of benzene rings is 3. The van der Waals surface area contributed by atoms with Crippen molar-refractivity contribution in [3.05, 3.63) is 81.8 Å². The third-order valence-electron chi connectivity index (χ3n) is 4.09. The SMILES string of the molecule is Cc1cc(C)c(NC(=O)COc2ccc(-c3ccccc3)cc2Cl)c(Cl)c1. The molecule has 0 fully saturated rings. The van der Waals surface area contributed by atoms with E-state index in [9.17, 15) is 4.79 Å². The summed E-state index contributed by atoms with van der Waals surface area (Å²) in [6.45, 7) is 3.69. The lowest BCUT2D eigenvalue weighted by Crippen LogP contribution is -2.21. The first-order chi connectivity index (χ1) is 12.9. The van der Waals surface area contributed by atoms with E-state index in [0.29, 0.717) is 21.5 Å². The lowest BCUT2D eigenvalue weighted by atomic mass is 10.1. The molecule has 0 bridgehead atoms. The summed E-state index contributed by atoms with van der Waals surface area (Å²) in [5, 5.41) is 3.75. The molecule has 0 atom stereocenters. The minimum Gasteiger partial charge on any atom is -0.482 e. The van der Waals surface area contributed by atoms with Gasteiger partial charge >= 0.3 is 0 Å². The molecule has 3 rings (SSSR count). The molecule has 3 aromatic carbocycles. The second-order valence-electron chi connectivity index (χ2n) is 6.29. The zero-order valence-electron chi connectivity index (χ0n) is 15.1. The molecule has 0 aliphatic rings. The third kappa shape index (κ3) is 4.82. The summed E-state index contributed by atoms with van der Waals surface area (Å²) in [4.78, 5) is 12.2. The van der Waals surface area contributed by atoms with Crippen molar-refractivity contribution in [3.8, 4) is 16.9 Å². The van der Waals surface area contributed by atoms with Gasteiger partial charge in [-0.15, -0.1) is 0 Å². The number of carbonyl (C=O) groups is 1. The Morgan fingerprint density at radius 2 is 1.67 bits per heavy atom. The fraction of sp³-hybridized carbons (Fsp3) is 0.136. The molecule has 0 aliphatic heterocycles. The van der Waals surface area contributed by atoms with Crippen LogP contribution in [0.2, 0.25) is 10.0 Å². The molecule has 0 aromatic heterocycles. The minimum absolute atomic E-state index is 0.159. The number of aryl methyl sites for hydroxylation is 2. The first-order valence-electron chi connectivity index (χ1n) is 8.48. The van der Waals surface area contributed by atoms with E-state index in [2.05, 4.69) is 5.32 Å². The normalized spacial score (nSPS) is 10.5. The van der Waals surface area contributed by atoms with Gasteiger partial charge in [-0.3, -0.25) is 4.79 Å². The van der Waals surface area contributed by atoms with E-state index in [0.717, 1.165) is 22.3 Å². The van der Waals surface area contributed by atoms with Crippen LogP contribution in [0.5, 0.6) is 5.75 Å². The highest BCUT2D eigenvalue weighted by molar-refractivity contribution is 6.34. The zero-order valence-corrected chi connectivity index (χ0v) is 16.6. The van der Waals surface area contributed by atoms with E-state index in [1.807, 2.05) is 68.4 Å². The third-order valence-corrected chi connectivity index (χ3v) is 4.69. The minimum atomic E-state index is -0.299. The molecule has 3 nitrogen and oxygen atoms in total. The van der Waals surface area contributed by atoms with Crippen LogP contribution in [0.25, 0.3) is 11.1 Å². The van der Waals surface area contributed by atoms with E-state index in [-0.39, 0.29) is 12.5 Å². The molecule has 0 saturated heterocycles. The van der Waals surface area contributed by atoms with Gasteiger partial charge in [0.25, 0.3) is 5.91 Å². The van der Waals surface area contributed by atoms with Crippen molar-refractivity contribution >= 4 is 34.8 Å². The summed E-state index contributed by atoms with van der Waals surface area (Å²) >= 11 is 12.5. The number of hydrogen-bond acceptors (Lipinski definition) is 2. The maximum absolute atomic E-state index is 12.2. The van der Waals surface area contributed by atoms with Gasteiger partial charge in [0.1, 0.15) is 5.75 Å². The maximum atomic E-state index is 12.2. The highest BCUT2D eigenvalue weighted by Gasteiger charge is 2.11. The zero-order chi connectivity index (χ0) is 19.4. The van der Waals surface area contributed by atoms with Crippen molar-refractivity contribution in [1.29, 1.82) is 0 Å². The molecular formula is C22H19Cl2NO2. The Balaban J connectivity index is 1.66. The molecule has 0 heterocycles.